The van der Waals surface area contributed by atoms with E-state index in [1.807, 2.05) is 37.3 Å². The molecule has 38 heavy (non-hydrogen) atoms. The van der Waals surface area contributed by atoms with Crippen molar-refractivity contribution in [2.45, 2.75) is 38.0 Å². The summed E-state index contributed by atoms with van der Waals surface area (Å²) in [6.45, 7) is 3.08. The van der Waals surface area contributed by atoms with Gasteiger partial charge in [0.1, 0.15) is 23.6 Å². The number of fused-ring (bicyclic) bond motifs is 1. The maximum atomic E-state index is 12.8. The molecule has 9 heteroatoms. The van der Waals surface area contributed by atoms with Crippen molar-refractivity contribution in [1.82, 2.24) is 5.32 Å². The molecule has 0 saturated heterocycles. The predicted molar refractivity (Wildman–Crippen MR) is 142 cm³/mol. The summed E-state index contributed by atoms with van der Waals surface area (Å²) in [5.74, 6) is -1.21. The van der Waals surface area contributed by atoms with Gasteiger partial charge in [0.15, 0.2) is 0 Å². The van der Waals surface area contributed by atoms with Crippen LogP contribution in [0.25, 0.3) is 5.57 Å². The minimum atomic E-state index is -1.20. The number of aliphatic hydroxyl groups is 1. The van der Waals surface area contributed by atoms with Crippen LogP contribution in [-0.4, -0.2) is 67.4 Å². The molecule has 2 aromatic carbocycles. The first-order valence-electron chi connectivity index (χ1n) is 12.4. The second kappa shape index (κ2) is 12.2. The first-order chi connectivity index (χ1) is 18.4. The number of aliphatic hydroxyl groups excluding tert-OH is 1. The highest BCUT2D eigenvalue weighted by atomic mass is 16.5. The number of aliphatic imine (C=N–C) groups is 1. The van der Waals surface area contributed by atoms with E-state index in [0.717, 1.165) is 22.3 Å². The Bertz CT molecular complexity index is 1280. The molecule has 1 aliphatic heterocycles. The predicted octanol–water partition coefficient (Wildman–Crippen LogP) is 3.36. The third-order valence-corrected chi connectivity index (χ3v) is 6.64. The van der Waals surface area contributed by atoms with Crippen LogP contribution in [0.4, 0.5) is 5.69 Å². The fraction of sp³-hybridized carbons (Fsp3) is 0.345. The van der Waals surface area contributed by atoms with Crippen molar-refractivity contribution in [2.24, 2.45) is 4.99 Å². The first-order valence-corrected chi connectivity index (χ1v) is 12.4. The number of carbonyl (C=O) groups excluding carboxylic acids is 1. The van der Waals surface area contributed by atoms with Crippen LogP contribution in [-0.2, 0) is 30.2 Å². The molecule has 200 valence electrons. The zero-order chi connectivity index (χ0) is 27.2. The van der Waals surface area contributed by atoms with E-state index in [2.05, 4.69) is 10.3 Å². The summed E-state index contributed by atoms with van der Waals surface area (Å²) in [6.07, 6.45) is 1.29. The lowest BCUT2D eigenvalue weighted by Crippen LogP contribution is -2.46. The fourth-order valence-electron chi connectivity index (χ4n) is 4.67. The highest BCUT2D eigenvalue weighted by molar-refractivity contribution is 6.42. The molecule has 0 spiro atoms. The Morgan fingerprint density at radius 2 is 1.87 bits per heavy atom. The molecule has 9 nitrogen and oxygen atoms in total. The normalized spacial score (nSPS) is 19.4. The van der Waals surface area contributed by atoms with Gasteiger partial charge in [0.2, 0.25) is 0 Å². The number of carbonyl (C=O) groups is 2. The molecular formula is C29H32N2O7. The van der Waals surface area contributed by atoms with Gasteiger partial charge in [-0.25, -0.2) is 9.79 Å². The summed E-state index contributed by atoms with van der Waals surface area (Å²) in [4.78, 5) is 29.0. The smallest absolute Gasteiger partial charge is 0.326 e. The Labute approximate surface area is 221 Å². The maximum Gasteiger partial charge on any atom is 0.326 e. The lowest BCUT2D eigenvalue weighted by atomic mass is 9.88. The summed E-state index contributed by atoms with van der Waals surface area (Å²) in [5.41, 5.74) is 4.48. The number of hydrogen-bond donors (Lipinski definition) is 3. The zero-order valence-electron chi connectivity index (χ0n) is 21.6. The summed E-state index contributed by atoms with van der Waals surface area (Å²) in [6, 6.07) is 13.1. The van der Waals surface area contributed by atoms with E-state index in [1.54, 1.807) is 38.5 Å². The van der Waals surface area contributed by atoms with Crippen LogP contribution in [0.1, 0.15) is 36.1 Å². The molecule has 0 saturated carbocycles. The van der Waals surface area contributed by atoms with Crippen molar-refractivity contribution in [3.8, 4) is 0 Å². The SMILES string of the molecule is CCOCC1=CC(OC)=C(c2ccc(CC(NC(=O)C3=Nc4ccccc4C3O)C(=O)O)cc2)C(OC)C1. The van der Waals surface area contributed by atoms with Crippen LogP contribution in [0.2, 0.25) is 0 Å². The fourth-order valence-corrected chi connectivity index (χ4v) is 4.67. The van der Waals surface area contributed by atoms with E-state index >= 15 is 0 Å². The van der Waals surface area contributed by atoms with Crippen LogP contribution < -0.4 is 5.32 Å². The van der Waals surface area contributed by atoms with E-state index < -0.39 is 24.0 Å². The summed E-state index contributed by atoms with van der Waals surface area (Å²) in [5, 5.41) is 22.8. The monoisotopic (exact) mass is 520 g/mol. The number of carboxylic acid groups (broad SMARTS) is 1. The van der Waals surface area contributed by atoms with Crippen molar-refractivity contribution < 1.29 is 34.0 Å². The third kappa shape index (κ3) is 5.85. The average Bonchev–Trinajstić information content (AvgIpc) is 3.27. The Kier molecular flexibility index (Phi) is 8.73. The lowest BCUT2D eigenvalue weighted by Gasteiger charge is -2.27. The topological polar surface area (TPSA) is 127 Å². The largest absolute Gasteiger partial charge is 0.496 e. The molecule has 1 heterocycles. The Morgan fingerprint density at radius 1 is 1.13 bits per heavy atom. The molecule has 3 atom stereocenters. The molecule has 4 rings (SSSR count). The molecule has 0 bridgehead atoms. The summed E-state index contributed by atoms with van der Waals surface area (Å²) in [7, 11) is 3.26. The highest BCUT2D eigenvalue weighted by Crippen LogP contribution is 2.35. The number of methoxy groups -OCH3 is 2. The number of amides is 1. The first kappa shape index (κ1) is 27.3. The van der Waals surface area contributed by atoms with Crippen molar-refractivity contribution in [3.63, 3.8) is 0 Å². The van der Waals surface area contributed by atoms with Crippen molar-refractivity contribution >= 4 is 28.8 Å². The standard InChI is InChI=1S/C29H32N2O7/c1-4-38-16-18-14-23(36-2)25(24(15-18)37-3)19-11-9-17(10-12-19)13-22(29(34)35)31-28(33)26-27(32)20-7-5-6-8-21(20)30-26/h5-12,14,22,24,27,32H,4,13,15-16H2,1-3H3,(H,31,33)(H,34,35). The second-order valence-electron chi connectivity index (χ2n) is 9.07. The molecule has 2 aromatic rings. The average molecular weight is 521 g/mol. The number of carboxylic acids is 1. The number of benzene rings is 2. The second-order valence-corrected chi connectivity index (χ2v) is 9.07. The number of rotatable bonds is 11. The van der Waals surface area contributed by atoms with E-state index in [0.29, 0.717) is 36.6 Å². The van der Waals surface area contributed by atoms with E-state index in [9.17, 15) is 19.8 Å². The van der Waals surface area contributed by atoms with E-state index in [1.165, 1.54) is 0 Å². The van der Waals surface area contributed by atoms with Gasteiger partial charge in [0, 0.05) is 37.7 Å². The highest BCUT2D eigenvalue weighted by Gasteiger charge is 2.32. The Hall–Kier alpha value is -3.79. The van der Waals surface area contributed by atoms with Gasteiger partial charge >= 0.3 is 5.97 Å². The molecule has 3 unspecified atom stereocenters. The summed E-state index contributed by atoms with van der Waals surface area (Å²) < 4.78 is 17.0. The Morgan fingerprint density at radius 3 is 2.50 bits per heavy atom. The van der Waals surface area contributed by atoms with Crippen LogP contribution in [0.15, 0.2) is 70.9 Å². The van der Waals surface area contributed by atoms with Crippen LogP contribution in [0.3, 0.4) is 0 Å². The number of aliphatic carboxylic acids is 1. The third-order valence-electron chi connectivity index (χ3n) is 6.64. The van der Waals surface area contributed by atoms with Gasteiger partial charge in [0.25, 0.3) is 5.91 Å². The molecule has 0 fully saturated rings. The van der Waals surface area contributed by atoms with Gasteiger partial charge in [-0.15, -0.1) is 0 Å². The van der Waals surface area contributed by atoms with Gasteiger partial charge in [-0.05, 0) is 35.8 Å². The van der Waals surface area contributed by atoms with E-state index in [-0.39, 0.29) is 18.2 Å². The molecule has 2 aliphatic rings. The van der Waals surface area contributed by atoms with Gasteiger partial charge in [-0.1, -0.05) is 42.5 Å². The molecular weight excluding hydrogens is 488 g/mol. The van der Waals surface area contributed by atoms with Gasteiger partial charge in [-0.2, -0.15) is 0 Å². The van der Waals surface area contributed by atoms with Gasteiger partial charge in [0.05, 0.1) is 25.5 Å². The number of para-hydroxylation sites is 1. The molecule has 1 aliphatic carbocycles. The number of nitrogens with zero attached hydrogens (tertiary/aromatic N) is 1. The molecule has 0 radical (unpaired) electrons. The summed E-state index contributed by atoms with van der Waals surface area (Å²) >= 11 is 0. The van der Waals surface area contributed by atoms with Crippen LogP contribution in [0.5, 0.6) is 0 Å². The van der Waals surface area contributed by atoms with Gasteiger partial charge < -0.3 is 29.7 Å². The quantitative estimate of drug-likeness (QED) is 0.415. The number of ether oxygens (including phenoxy) is 3. The zero-order valence-corrected chi connectivity index (χ0v) is 21.6. The number of nitrogens with one attached hydrogen (secondary N) is 1. The minimum Gasteiger partial charge on any atom is -0.496 e. The molecule has 1 amide bonds. The van der Waals surface area contributed by atoms with Crippen LogP contribution in [0, 0.1) is 0 Å². The minimum absolute atomic E-state index is 0.0555. The number of allylic oxidation sites excluding steroid dienone is 1. The maximum absolute atomic E-state index is 12.8. The molecule has 3 N–H and O–H groups in total. The number of hydrogen-bond acceptors (Lipinski definition) is 7. The van der Waals surface area contributed by atoms with Crippen LogP contribution >= 0.6 is 0 Å². The van der Waals surface area contributed by atoms with Gasteiger partial charge in [-0.3, -0.25) is 4.79 Å². The lowest BCUT2D eigenvalue weighted by molar-refractivity contribution is -0.141. The van der Waals surface area contributed by atoms with Crippen molar-refractivity contribution in [3.05, 3.63) is 82.6 Å². The molecule has 0 aromatic heterocycles. The Balaban J connectivity index is 1.49. The van der Waals surface area contributed by atoms with Crippen molar-refractivity contribution in [1.29, 1.82) is 0 Å². The van der Waals surface area contributed by atoms with Crippen molar-refractivity contribution in [2.75, 3.05) is 27.4 Å². The van der Waals surface area contributed by atoms with E-state index in [4.69, 9.17) is 14.2 Å².